The van der Waals surface area contributed by atoms with Crippen molar-refractivity contribution < 1.29 is 14.1 Å². The molecule has 1 heterocycles. The van der Waals surface area contributed by atoms with Gasteiger partial charge in [-0.3, -0.25) is 24.3 Å². The second-order valence-electron chi connectivity index (χ2n) is 7.34. The minimum absolute atomic E-state index is 0.0151. The second kappa shape index (κ2) is 10.3. The fourth-order valence-electron chi connectivity index (χ4n) is 3.34. The summed E-state index contributed by atoms with van der Waals surface area (Å²) in [5.74, 6) is -0.544. The van der Waals surface area contributed by atoms with E-state index in [2.05, 4.69) is 10.3 Å². The van der Waals surface area contributed by atoms with Crippen LogP contribution in [-0.2, 0) is 11.2 Å². The number of aromatic nitrogens is 2. The van der Waals surface area contributed by atoms with E-state index in [9.17, 15) is 24.1 Å². The number of carbonyl (C=O) groups is 1. The van der Waals surface area contributed by atoms with E-state index >= 15 is 0 Å². The Labute approximate surface area is 197 Å². The number of fused-ring (bicyclic) bond motifs is 1. The van der Waals surface area contributed by atoms with Crippen molar-refractivity contribution in [2.24, 2.45) is 0 Å². The molecule has 8 nitrogen and oxygen atoms in total. The molecule has 172 valence electrons. The van der Waals surface area contributed by atoms with Crippen LogP contribution in [0.25, 0.3) is 16.6 Å². The number of benzene rings is 3. The SMILES string of the molecule is O=C(CSc1nc2ccccc2c(=O)n1-c1ccc([N+](=O)[O-])cc1)NCCc1ccc(F)cc1. The summed E-state index contributed by atoms with van der Waals surface area (Å²) in [6.07, 6.45) is 0.554. The van der Waals surface area contributed by atoms with Crippen molar-refractivity contribution in [3.8, 4) is 5.69 Å². The van der Waals surface area contributed by atoms with Crippen LogP contribution in [-0.4, -0.2) is 32.7 Å². The van der Waals surface area contributed by atoms with Crippen molar-refractivity contribution in [1.82, 2.24) is 14.9 Å². The molecule has 1 amide bonds. The molecule has 0 bridgehead atoms. The maximum absolute atomic E-state index is 13.2. The molecule has 0 spiro atoms. The number of para-hydroxylation sites is 1. The molecule has 0 aliphatic heterocycles. The van der Waals surface area contributed by atoms with Gasteiger partial charge in [-0.25, -0.2) is 9.37 Å². The number of non-ortho nitro benzene ring substituents is 1. The van der Waals surface area contributed by atoms with Crippen molar-refractivity contribution in [2.75, 3.05) is 12.3 Å². The van der Waals surface area contributed by atoms with Gasteiger partial charge in [-0.2, -0.15) is 0 Å². The minimum atomic E-state index is -0.517. The summed E-state index contributed by atoms with van der Waals surface area (Å²) >= 11 is 1.09. The topological polar surface area (TPSA) is 107 Å². The Morgan fingerprint density at radius 1 is 1.06 bits per heavy atom. The van der Waals surface area contributed by atoms with Crippen LogP contribution in [0.3, 0.4) is 0 Å². The highest BCUT2D eigenvalue weighted by Crippen LogP contribution is 2.22. The van der Waals surface area contributed by atoms with Crippen molar-refractivity contribution in [1.29, 1.82) is 0 Å². The monoisotopic (exact) mass is 478 g/mol. The third kappa shape index (κ3) is 5.29. The Morgan fingerprint density at radius 2 is 1.76 bits per heavy atom. The molecule has 0 aliphatic carbocycles. The van der Waals surface area contributed by atoms with E-state index in [0.717, 1.165) is 17.3 Å². The fourth-order valence-corrected chi connectivity index (χ4v) is 4.18. The maximum atomic E-state index is 13.2. The first kappa shape index (κ1) is 23.1. The van der Waals surface area contributed by atoms with Gasteiger partial charge in [0.25, 0.3) is 11.2 Å². The molecule has 1 N–H and O–H groups in total. The van der Waals surface area contributed by atoms with Gasteiger partial charge in [0, 0.05) is 18.7 Å². The first-order valence-electron chi connectivity index (χ1n) is 10.3. The summed E-state index contributed by atoms with van der Waals surface area (Å²) in [4.78, 5) is 40.6. The van der Waals surface area contributed by atoms with Gasteiger partial charge >= 0.3 is 0 Å². The molecular formula is C24H19FN4O4S. The Bertz CT molecular complexity index is 1410. The van der Waals surface area contributed by atoms with Crippen LogP contribution in [0.5, 0.6) is 0 Å². The molecule has 1 aromatic heterocycles. The second-order valence-corrected chi connectivity index (χ2v) is 8.28. The zero-order valence-electron chi connectivity index (χ0n) is 17.8. The number of halogens is 1. The quantitative estimate of drug-likeness (QED) is 0.178. The van der Waals surface area contributed by atoms with Crippen molar-refractivity contribution in [3.63, 3.8) is 0 Å². The minimum Gasteiger partial charge on any atom is -0.355 e. The largest absolute Gasteiger partial charge is 0.355 e. The summed E-state index contributed by atoms with van der Waals surface area (Å²) < 4.78 is 14.4. The van der Waals surface area contributed by atoms with E-state index in [1.54, 1.807) is 36.4 Å². The lowest BCUT2D eigenvalue weighted by Crippen LogP contribution is -2.28. The molecule has 0 atom stereocenters. The summed E-state index contributed by atoms with van der Waals surface area (Å²) in [6.45, 7) is 0.380. The molecule has 0 radical (unpaired) electrons. The van der Waals surface area contributed by atoms with Crippen LogP contribution < -0.4 is 10.9 Å². The summed E-state index contributed by atoms with van der Waals surface area (Å²) in [5, 5.41) is 14.5. The van der Waals surface area contributed by atoms with E-state index in [1.807, 2.05) is 0 Å². The van der Waals surface area contributed by atoms with Crippen LogP contribution in [0.4, 0.5) is 10.1 Å². The molecule has 10 heteroatoms. The number of hydrogen-bond acceptors (Lipinski definition) is 6. The lowest BCUT2D eigenvalue weighted by atomic mass is 10.1. The van der Waals surface area contributed by atoms with E-state index in [0.29, 0.717) is 34.7 Å². The van der Waals surface area contributed by atoms with Gasteiger partial charge in [-0.15, -0.1) is 0 Å². The van der Waals surface area contributed by atoms with Gasteiger partial charge in [-0.1, -0.05) is 36.0 Å². The van der Waals surface area contributed by atoms with Gasteiger partial charge in [0.1, 0.15) is 5.82 Å². The number of carbonyl (C=O) groups excluding carboxylic acids is 1. The molecule has 0 saturated heterocycles. The van der Waals surface area contributed by atoms with Crippen LogP contribution in [0, 0.1) is 15.9 Å². The highest BCUT2D eigenvalue weighted by molar-refractivity contribution is 7.99. The Hall–Kier alpha value is -4.05. The van der Waals surface area contributed by atoms with Gasteiger partial charge in [-0.05, 0) is 48.4 Å². The molecule has 0 fully saturated rings. The van der Waals surface area contributed by atoms with Crippen molar-refractivity contribution in [3.05, 3.63) is 105 Å². The first-order valence-corrected chi connectivity index (χ1v) is 11.3. The molecule has 0 saturated carbocycles. The number of nitrogens with one attached hydrogen (secondary N) is 1. The number of thioether (sulfide) groups is 1. The lowest BCUT2D eigenvalue weighted by molar-refractivity contribution is -0.384. The van der Waals surface area contributed by atoms with Crippen molar-refractivity contribution >= 4 is 34.3 Å². The zero-order valence-corrected chi connectivity index (χ0v) is 18.6. The average molecular weight is 479 g/mol. The van der Waals surface area contributed by atoms with Crippen LogP contribution in [0.2, 0.25) is 0 Å². The summed E-state index contributed by atoms with van der Waals surface area (Å²) in [5.41, 5.74) is 1.37. The average Bonchev–Trinajstić information content (AvgIpc) is 2.84. The van der Waals surface area contributed by atoms with Crippen LogP contribution in [0.15, 0.2) is 82.7 Å². The molecule has 0 aliphatic rings. The standard InChI is InChI=1S/C24H19FN4O4S/c25-17-7-5-16(6-8-17)13-14-26-22(30)15-34-24-27-21-4-2-1-3-20(21)23(31)28(24)18-9-11-19(12-10-18)29(32)33/h1-12H,13-15H2,(H,26,30). The van der Waals surface area contributed by atoms with Crippen molar-refractivity contribution in [2.45, 2.75) is 11.6 Å². The molecular weight excluding hydrogens is 459 g/mol. The Balaban J connectivity index is 1.53. The Kier molecular flexibility index (Phi) is 6.98. The van der Waals surface area contributed by atoms with Gasteiger partial charge in [0.2, 0.25) is 5.91 Å². The highest BCUT2D eigenvalue weighted by atomic mass is 32.2. The molecule has 34 heavy (non-hydrogen) atoms. The smallest absolute Gasteiger partial charge is 0.269 e. The van der Waals surface area contributed by atoms with E-state index in [4.69, 9.17) is 0 Å². The van der Waals surface area contributed by atoms with E-state index in [1.165, 1.54) is 41.0 Å². The number of rotatable bonds is 8. The van der Waals surface area contributed by atoms with Crippen LogP contribution in [0.1, 0.15) is 5.56 Å². The maximum Gasteiger partial charge on any atom is 0.269 e. The molecule has 3 aromatic carbocycles. The van der Waals surface area contributed by atoms with E-state index < -0.39 is 4.92 Å². The zero-order chi connectivity index (χ0) is 24.1. The van der Waals surface area contributed by atoms with Gasteiger partial charge in [0.15, 0.2) is 5.16 Å². The number of hydrogen-bond donors (Lipinski definition) is 1. The predicted molar refractivity (Wildman–Crippen MR) is 128 cm³/mol. The molecule has 0 unspecified atom stereocenters. The highest BCUT2D eigenvalue weighted by Gasteiger charge is 2.16. The lowest BCUT2D eigenvalue weighted by Gasteiger charge is -2.13. The molecule has 4 rings (SSSR count). The van der Waals surface area contributed by atoms with Gasteiger partial charge < -0.3 is 5.32 Å². The summed E-state index contributed by atoms with van der Waals surface area (Å²) in [6, 6.07) is 18.5. The third-order valence-corrected chi connectivity index (χ3v) is 5.98. The van der Waals surface area contributed by atoms with Crippen LogP contribution >= 0.6 is 11.8 Å². The number of nitro benzene ring substituents is 1. The normalized spacial score (nSPS) is 10.9. The fraction of sp³-hybridized carbons (Fsp3) is 0.125. The van der Waals surface area contributed by atoms with Gasteiger partial charge in [0.05, 0.1) is 27.3 Å². The first-order chi connectivity index (χ1) is 16.4. The summed E-state index contributed by atoms with van der Waals surface area (Å²) in [7, 11) is 0. The predicted octanol–water partition coefficient (Wildman–Crippen LogP) is 3.88. The Morgan fingerprint density at radius 3 is 2.47 bits per heavy atom. The number of nitrogens with zero attached hydrogens (tertiary/aromatic N) is 3. The number of amides is 1. The van der Waals surface area contributed by atoms with E-state index in [-0.39, 0.29) is 28.7 Å². The third-order valence-electron chi connectivity index (χ3n) is 5.05. The molecule has 4 aromatic rings. The number of nitro groups is 1.